The molecule has 0 saturated carbocycles. The van der Waals surface area contributed by atoms with E-state index in [1.54, 1.807) is 29.5 Å². The minimum atomic E-state index is -3.53. The first-order chi connectivity index (χ1) is 10.1. The molecule has 0 spiro atoms. The van der Waals surface area contributed by atoms with E-state index in [0.717, 1.165) is 5.56 Å². The Hall–Kier alpha value is -1.83. The van der Waals surface area contributed by atoms with Gasteiger partial charge in [0.05, 0.1) is 0 Å². The van der Waals surface area contributed by atoms with Gasteiger partial charge in [0, 0.05) is 29.3 Å². The molecule has 0 aliphatic carbocycles. The van der Waals surface area contributed by atoms with Gasteiger partial charge in [-0.2, -0.15) is 11.3 Å². The summed E-state index contributed by atoms with van der Waals surface area (Å²) in [6.45, 7) is 0.376. The monoisotopic (exact) mass is 321 g/mol. The largest absolute Gasteiger partial charge is 0.399 e. The van der Waals surface area contributed by atoms with Crippen LogP contribution in [0.2, 0.25) is 0 Å². The van der Waals surface area contributed by atoms with E-state index in [9.17, 15) is 8.42 Å². The summed E-state index contributed by atoms with van der Waals surface area (Å²) in [6.07, 6.45) is 2.18. The molecule has 0 atom stereocenters. The molecule has 7 heteroatoms. The van der Waals surface area contributed by atoms with Gasteiger partial charge in [-0.1, -0.05) is 0 Å². The summed E-state index contributed by atoms with van der Waals surface area (Å²) in [5.41, 5.74) is 8.14. The zero-order valence-corrected chi connectivity index (χ0v) is 12.8. The van der Waals surface area contributed by atoms with Gasteiger partial charge in [0.15, 0.2) is 0 Å². The van der Waals surface area contributed by atoms with Crippen molar-refractivity contribution in [2.45, 2.75) is 11.3 Å². The molecule has 110 valence electrons. The molecule has 0 unspecified atom stereocenters. The van der Waals surface area contributed by atoms with E-state index in [1.807, 2.05) is 16.8 Å². The molecule has 0 fully saturated rings. The van der Waals surface area contributed by atoms with Crippen molar-refractivity contribution in [3.8, 4) is 0 Å². The van der Waals surface area contributed by atoms with Crippen molar-refractivity contribution in [1.29, 1.82) is 0 Å². The Labute approximate surface area is 126 Å². The van der Waals surface area contributed by atoms with E-state index in [2.05, 4.69) is 9.71 Å². The molecule has 3 rings (SSSR count). The number of hydrogen-bond donors (Lipinski definition) is 3. The normalized spacial score (nSPS) is 12.0. The SMILES string of the molecule is Nc1ccc2c(S(=O)(=O)NCCc3ccsc3)c[nH]c2c1. The lowest BCUT2D eigenvalue weighted by Gasteiger charge is -2.05. The molecule has 0 aliphatic rings. The number of thiophene rings is 1. The van der Waals surface area contributed by atoms with Gasteiger partial charge in [-0.25, -0.2) is 13.1 Å². The van der Waals surface area contributed by atoms with E-state index in [4.69, 9.17) is 5.73 Å². The maximum absolute atomic E-state index is 12.4. The third-order valence-corrected chi connectivity index (χ3v) is 5.48. The smallest absolute Gasteiger partial charge is 0.242 e. The summed E-state index contributed by atoms with van der Waals surface area (Å²) in [7, 11) is -3.53. The van der Waals surface area contributed by atoms with Crippen molar-refractivity contribution in [2.24, 2.45) is 0 Å². The number of aromatic nitrogens is 1. The molecule has 2 heterocycles. The minimum absolute atomic E-state index is 0.253. The van der Waals surface area contributed by atoms with Crippen molar-refractivity contribution < 1.29 is 8.42 Å². The Balaban J connectivity index is 1.80. The van der Waals surface area contributed by atoms with Gasteiger partial charge in [0.1, 0.15) is 4.90 Å². The number of benzene rings is 1. The van der Waals surface area contributed by atoms with Gasteiger partial charge in [-0.3, -0.25) is 0 Å². The fourth-order valence-corrected chi connectivity index (χ4v) is 4.09. The van der Waals surface area contributed by atoms with E-state index in [-0.39, 0.29) is 4.90 Å². The quantitative estimate of drug-likeness (QED) is 0.630. The Kier molecular flexibility index (Phi) is 3.71. The predicted octanol–water partition coefficient (Wildman–Crippen LogP) is 2.33. The number of nitrogen functional groups attached to an aromatic ring is 1. The third-order valence-electron chi connectivity index (χ3n) is 3.24. The first-order valence-electron chi connectivity index (χ1n) is 6.43. The first-order valence-corrected chi connectivity index (χ1v) is 8.86. The van der Waals surface area contributed by atoms with Gasteiger partial charge < -0.3 is 10.7 Å². The molecule has 4 N–H and O–H groups in total. The molecule has 0 amide bonds. The number of fused-ring (bicyclic) bond motifs is 1. The molecule has 5 nitrogen and oxygen atoms in total. The molecule has 1 aromatic carbocycles. The van der Waals surface area contributed by atoms with Gasteiger partial charge in [0.2, 0.25) is 10.0 Å². The van der Waals surface area contributed by atoms with E-state index in [1.165, 1.54) is 6.20 Å². The van der Waals surface area contributed by atoms with Crippen LogP contribution in [0.3, 0.4) is 0 Å². The Morgan fingerprint density at radius 2 is 2.14 bits per heavy atom. The Morgan fingerprint density at radius 3 is 2.90 bits per heavy atom. The van der Waals surface area contributed by atoms with Crippen LogP contribution in [-0.4, -0.2) is 19.9 Å². The number of nitrogens with one attached hydrogen (secondary N) is 2. The number of hydrogen-bond acceptors (Lipinski definition) is 4. The molecule has 21 heavy (non-hydrogen) atoms. The number of nitrogens with two attached hydrogens (primary N) is 1. The van der Waals surface area contributed by atoms with Crippen LogP contribution in [0.4, 0.5) is 5.69 Å². The average molecular weight is 321 g/mol. The van der Waals surface area contributed by atoms with Crippen LogP contribution in [0.25, 0.3) is 10.9 Å². The molecule has 0 radical (unpaired) electrons. The van der Waals surface area contributed by atoms with Crippen LogP contribution in [0.15, 0.2) is 46.1 Å². The van der Waals surface area contributed by atoms with Gasteiger partial charge in [0.25, 0.3) is 0 Å². The van der Waals surface area contributed by atoms with E-state index >= 15 is 0 Å². The second-order valence-electron chi connectivity index (χ2n) is 4.74. The lowest BCUT2D eigenvalue weighted by Crippen LogP contribution is -2.25. The van der Waals surface area contributed by atoms with Crippen molar-refractivity contribution in [2.75, 3.05) is 12.3 Å². The maximum Gasteiger partial charge on any atom is 0.242 e. The standard InChI is InChI=1S/C14H15N3O2S2/c15-11-1-2-12-13(7-11)16-8-14(12)21(18,19)17-5-3-10-4-6-20-9-10/h1-2,4,6-9,16-17H,3,5,15H2. The van der Waals surface area contributed by atoms with E-state index < -0.39 is 10.0 Å². The fourth-order valence-electron chi connectivity index (χ4n) is 2.18. The third kappa shape index (κ3) is 2.94. The summed E-state index contributed by atoms with van der Waals surface area (Å²) < 4.78 is 27.4. The Morgan fingerprint density at radius 1 is 1.29 bits per heavy atom. The second-order valence-corrected chi connectivity index (χ2v) is 7.25. The lowest BCUT2D eigenvalue weighted by atomic mass is 10.2. The van der Waals surface area contributed by atoms with Crippen molar-refractivity contribution in [1.82, 2.24) is 9.71 Å². The van der Waals surface area contributed by atoms with Crippen LogP contribution in [-0.2, 0) is 16.4 Å². The summed E-state index contributed by atoms with van der Waals surface area (Å²) in [5.74, 6) is 0. The molecule has 0 bridgehead atoms. The minimum Gasteiger partial charge on any atom is -0.399 e. The molecule has 0 saturated heterocycles. The first kappa shape index (κ1) is 14.1. The van der Waals surface area contributed by atoms with Crippen molar-refractivity contribution >= 4 is 38.0 Å². The molecular formula is C14H15N3O2S2. The zero-order chi connectivity index (χ0) is 14.9. The maximum atomic E-state index is 12.4. The second kappa shape index (κ2) is 5.51. The summed E-state index contributed by atoms with van der Waals surface area (Å²) in [6, 6.07) is 7.13. The van der Waals surface area contributed by atoms with Crippen LogP contribution < -0.4 is 10.5 Å². The summed E-state index contributed by atoms with van der Waals surface area (Å²) in [5, 5.41) is 4.64. The van der Waals surface area contributed by atoms with Crippen LogP contribution in [0.1, 0.15) is 5.56 Å². The number of H-pyrrole nitrogens is 1. The highest BCUT2D eigenvalue weighted by Crippen LogP contribution is 2.24. The van der Waals surface area contributed by atoms with E-state index in [0.29, 0.717) is 29.6 Å². The van der Waals surface area contributed by atoms with Crippen LogP contribution in [0.5, 0.6) is 0 Å². The van der Waals surface area contributed by atoms with Gasteiger partial charge >= 0.3 is 0 Å². The topological polar surface area (TPSA) is 88.0 Å². The zero-order valence-electron chi connectivity index (χ0n) is 11.2. The highest BCUT2D eigenvalue weighted by molar-refractivity contribution is 7.89. The highest BCUT2D eigenvalue weighted by atomic mass is 32.2. The van der Waals surface area contributed by atoms with Gasteiger partial charge in [-0.15, -0.1) is 0 Å². The number of aromatic amines is 1. The molecule has 2 aromatic heterocycles. The molecular weight excluding hydrogens is 306 g/mol. The molecule has 3 aromatic rings. The van der Waals surface area contributed by atoms with Crippen LogP contribution >= 0.6 is 11.3 Å². The van der Waals surface area contributed by atoms with Crippen molar-refractivity contribution in [3.63, 3.8) is 0 Å². The lowest BCUT2D eigenvalue weighted by molar-refractivity contribution is 0.582. The number of rotatable bonds is 5. The fraction of sp³-hybridized carbons (Fsp3) is 0.143. The van der Waals surface area contributed by atoms with Gasteiger partial charge in [-0.05, 0) is 47.0 Å². The highest BCUT2D eigenvalue weighted by Gasteiger charge is 2.18. The van der Waals surface area contributed by atoms with Crippen molar-refractivity contribution in [3.05, 3.63) is 46.8 Å². The van der Waals surface area contributed by atoms with Crippen LogP contribution in [0, 0.1) is 0 Å². The average Bonchev–Trinajstić information content (AvgIpc) is 3.06. The predicted molar refractivity (Wildman–Crippen MR) is 85.9 cm³/mol. The summed E-state index contributed by atoms with van der Waals surface area (Å²) in [4.78, 5) is 3.19. The Bertz CT molecular complexity index is 852. The molecule has 0 aliphatic heterocycles. The summed E-state index contributed by atoms with van der Waals surface area (Å²) >= 11 is 1.60. The number of anilines is 1. The number of sulfonamides is 1.